The quantitative estimate of drug-likeness (QED) is 0.362. The van der Waals surface area contributed by atoms with Gasteiger partial charge in [-0.25, -0.2) is 0 Å². The molecule has 0 spiro atoms. The number of rotatable bonds is 11. The van der Waals surface area contributed by atoms with Crippen molar-refractivity contribution >= 4 is 23.5 Å². The normalized spacial score (nSPS) is 22.5. The molecule has 0 saturated carbocycles. The Labute approximate surface area is 203 Å². The maximum atomic E-state index is 13.6. The van der Waals surface area contributed by atoms with Gasteiger partial charge in [0.05, 0.1) is 26.2 Å². The minimum atomic E-state index is -1.01. The maximum Gasteiger partial charge on any atom is 0.243 e. The molecule has 9 heteroatoms. The smallest absolute Gasteiger partial charge is 0.243 e. The molecule has 2 aromatic rings. The third-order valence-electron chi connectivity index (χ3n) is 6.56. The van der Waals surface area contributed by atoms with Gasteiger partial charge in [-0.1, -0.05) is 42.5 Å². The van der Waals surface area contributed by atoms with Crippen LogP contribution in [0.2, 0.25) is 0 Å². The topological polar surface area (TPSA) is 131 Å². The van der Waals surface area contributed by atoms with E-state index in [9.17, 15) is 19.2 Å². The Morgan fingerprint density at radius 2 is 1.74 bits per heavy atom. The Morgan fingerprint density at radius 3 is 2.29 bits per heavy atom. The molecule has 2 heterocycles. The average Bonchev–Trinajstić information content (AvgIpc) is 3.60. The highest BCUT2D eigenvalue weighted by Crippen LogP contribution is 2.30. The summed E-state index contributed by atoms with van der Waals surface area (Å²) in [5.41, 5.74) is 6.17. The molecule has 184 valence electrons. The number of hydrogen-bond donors (Lipinski definition) is 2. The van der Waals surface area contributed by atoms with E-state index in [2.05, 4.69) is 5.32 Å². The van der Waals surface area contributed by atoms with Gasteiger partial charge >= 0.3 is 0 Å². The summed E-state index contributed by atoms with van der Waals surface area (Å²) in [7, 11) is 1.55. The van der Waals surface area contributed by atoms with Crippen molar-refractivity contribution in [3.05, 3.63) is 65.7 Å². The molecule has 2 aromatic carbocycles. The lowest BCUT2D eigenvalue weighted by Crippen LogP contribution is -2.66. The summed E-state index contributed by atoms with van der Waals surface area (Å²) in [5.74, 6) is -1.13. The minimum absolute atomic E-state index is 0.0417. The van der Waals surface area contributed by atoms with Crippen molar-refractivity contribution in [2.45, 2.75) is 49.9 Å². The number of methoxy groups -OCH3 is 1. The zero-order valence-corrected chi connectivity index (χ0v) is 19.7. The van der Waals surface area contributed by atoms with Gasteiger partial charge in [0.1, 0.15) is 23.4 Å². The van der Waals surface area contributed by atoms with Crippen LogP contribution in [-0.2, 0) is 36.8 Å². The van der Waals surface area contributed by atoms with E-state index < -0.39 is 35.5 Å². The lowest BCUT2D eigenvalue weighted by Gasteiger charge is -2.43. The first kappa shape index (κ1) is 24.4. The number of carbonyl (C=O) groups is 4. The highest BCUT2D eigenvalue weighted by atomic mass is 16.6. The molecule has 0 aromatic heterocycles. The number of epoxide rings is 1. The number of amides is 3. The summed E-state index contributed by atoms with van der Waals surface area (Å²) < 4.78 is 10.5. The molecular formula is C26H29N3O6. The number of β-lactam (4-membered cyclic amide) rings is 1. The van der Waals surface area contributed by atoms with Gasteiger partial charge in [-0.3, -0.25) is 19.2 Å². The summed E-state index contributed by atoms with van der Waals surface area (Å²) in [6.45, 7) is 1.98. The fourth-order valence-corrected chi connectivity index (χ4v) is 4.31. The van der Waals surface area contributed by atoms with Crippen LogP contribution in [0.15, 0.2) is 54.6 Å². The first-order valence-corrected chi connectivity index (χ1v) is 11.5. The molecule has 3 N–H and O–H groups in total. The second-order valence-electron chi connectivity index (χ2n) is 9.13. The number of Topliss-reactive ketones (excluding diaryl/α,β-unsaturated/α-hetero) is 1. The molecule has 9 nitrogen and oxygen atoms in total. The van der Waals surface area contributed by atoms with Crippen molar-refractivity contribution < 1.29 is 28.7 Å². The van der Waals surface area contributed by atoms with Gasteiger partial charge in [-0.05, 0) is 36.6 Å². The van der Waals surface area contributed by atoms with E-state index >= 15 is 0 Å². The molecule has 0 radical (unpaired) electrons. The predicted molar refractivity (Wildman–Crippen MR) is 126 cm³/mol. The van der Waals surface area contributed by atoms with Crippen LogP contribution in [0.5, 0.6) is 5.75 Å². The fourth-order valence-electron chi connectivity index (χ4n) is 4.31. The van der Waals surface area contributed by atoms with Gasteiger partial charge in [-0.2, -0.15) is 0 Å². The molecule has 4 rings (SSSR count). The van der Waals surface area contributed by atoms with Crippen molar-refractivity contribution in [1.82, 2.24) is 10.2 Å². The van der Waals surface area contributed by atoms with Crippen LogP contribution >= 0.6 is 0 Å². The number of benzene rings is 2. The van der Waals surface area contributed by atoms with Crippen molar-refractivity contribution in [2.24, 2.45) is 5.73 Å². The van der Waals surface area contributed by atoms with Crippen LogP contribution in [0.3, 0.4) is 0 Å². The molecular weight excluding hydrogens is 450 g/mol. The van der Waals surface area contributed by atoms with Crippen LogP contribution < -0.4 is 15.8 Å². The number of nitrogens with zero attached hydrogens (tertiary/aromatic N) is 1. The van der Waals surface area contributed by atoms with Crippen molar-refractivity contribution in [2.75, 3.05) is 13.7 Å². The summed E-state index contributed by atoms with van der Waals surface area (Å²) in [6.07, 6.45) is 0.373. The van der Waals surface area contributed by atoms with Crippen LogP contribution in [-0.4, -0.2) is 65.8 Å². The minimum Gasteiger partial charge on any atom is -0.497 e. The van der Waals surface area contributed by atoms with Gasteiger partial charge in [0.25, 0.3) is 0 Å². The van der Waals surface area contributed by atoms with Crippen LogP contribution in [0, 0.1) is 0 Å². The summed E-state index contributed by atoms with van der Waals surface area (Å²) in [6, 6.07) is 13.7. The SMILES string of the molecule is COc1ccc(C[C@@H](C(=O)N[C@@H](Cc2ccccc2)C(=O)[C@@]2(C)CO2)N2C(=O)CC2C(N)=O)cc1. The molecule has 2 aliphatic rings. The number of carbonyl (C=O) groups excluding carboxylic acids is 4. The van der Waals surface area contributed by atoms with E-state index in [-0.39, 0.29) is 37.6 Å². The number of nitrogens with two attached hydrogens (primary N) is 1. The third kappa shape index (κ3) is 5.35. The number of likely N-dealkylation sites (tertiary alicyclic amines) is 1. The molecule has 0 aliphatic carbocycles. The third-order valence-corrected chi connectivity index (χ3v) is 6.56. The predicted octanol–water partition coefficient (Wildman–Crippen LogP) is 0.778. The van der Waals surface area contributed by atoms with E-state index in [0.717, 1.165) is 11.1 Å². The summed E-state index contributed by atoms with van der Waals surface area (Å²) in [5, 5.41) is 2.84. The number of ketones is 1. The summed E-state index contributed by atoms with van der Waals surface area (Å²) in [4.78, 5) is 52.4. The Balaban J connectivity index is 1.59. The molecule has 2 aliphatic heterocycles. The van der Waals surface area contributed by atoms with Gasteiger partial charge in [0, 0.05) is 6.42 Å². The zero-order valence-electron chi connectivity index (χ0n) is 19.7. The Morgan fingerprint density at radius 1 is 1.11 bits per heavy atom. The first-order valence-electron chi connectivity index (χ1n) is 11.5. The van der Waals surface area contributed by atoms with Crippen molar-refractivity contribution in [3.63, 3.8) is 0 Å². The zero-order chi connectivity index (χ0) is 25.2. The number of ether oxygens (including phenoxy) is 2. The number of hydrogen-bond acceptors (Lipinski definition) is 6. The lowest BCUT2D eigenvalue weighted by atomic mass is 9.92. The molecule has 2 saturated heterocycles. The van der Waals surface area contributed by atoms with Gasteiger partial charge in [0.2, 0.25) is 17.7 Å². The molecule has 35 heavy (non-hydrogen) atoms. The van der Waals surface area contributed by atoms with Crippen molar-refractivity contribution in [1.29, 1.82) is 0 Å². The highest BCUT2D eigenvalue weighted by molar-refractivity contribution is 6.01. The monoisotopic (exact) mass is 479 g/mol. The van der Waals surface area contributed by atoms with Gasteiger partial charge in [-0.15, -0.1) is 0 Å². The molecule has 4 atom stereocenters. The van der Waals surface area contributed by atoms with E-state index in [1.54, 1.807) is 38.3 Å². The van der Waals surface area contributed by atoms with E-state index in [0.29, 0.717) is 5.75 Å². The molecule has 2 fully saturated rings. The fraction of sp³-hybridized carbons (Fsp3) is 0.385. The Hall–Kier alpha value is -3.72. The highest BCUT2D eigenvalue weighted by Gasteiger charge is 2.51. The molecule has 3 amide bonds. The Bertz CT molecular complexity index is 1110. The molecule has 1 unspecified atom stereocenters. The maximum absolute atomic E-state index is 13.6. The standard InChI is InChI=1S/C26H29N3O6/c1-26(15-35-26)23(31)19(12-16-6-4-3-5-7-16)28-25(33)21(29-20(24(27)32)14-22(29)30)13-17-8-10-18(34-2)11-9-17/h3-11,19-21H,12-15H2,1-2H3,(H2,27,32)(H,28,33)/t19-,20?,21-,26+/m0/s1. The van der Waals surface area contributed by atoms with Crippen LogP contribution in [0.1, 0.15) is 24.5 Å². The van der Waals surface area contributed by atoms with Crippen LogP contribution in [0.25, 0.3) is 0 Å². The second kappa shape index (κ2) is 9.87. The first-order chi connectivity index (χ1) is 16.7. The van der Waals surface area contributed by atoms with E-state index in [1.807, 2.05) is 30.3 Å². The molecule has 0 bridgehead atoms. The van der Waals surface area contributed by atoms with Gasteiger partial charge < -0.3 is 25.4 Å². The Kier molecular flexibility index (Phi) is 6.88. The average molecular weight is 480 g/mol. The van der Waals surface area contributed by atoms with E-state index in [4.69, 9.17) is 15.2 Å². The number of primary amides is 1. The number of nitrogens with one attached hydrogen (secondary N) is 1. The van der Waals surface area contributed by atoms with Gasteiger partial charge in [0.15, 0.2) is 5.78 Å². The lowest BCUT2D eigenvalue weighted by molar-refractivity contribution is -0.160. The van der Waals surface area contributed by atoms with E-state index in [1.165, 1.54) is 4.90 Å². The van der Waals surface area contributed by atoms with Crippen molar-refractivity contribution in [3.8, 4) is 5.75 Å². The van der Waals surface area contributed by atoms with Crippen LogP contribution in [0.4, 0.5) is 0 Å². The summed E-state index contributed by atoms with van der Waals surface area (Å²) >= 11 is 0. The second-order valence-corrected chi connectivity index (χ2v) is 9.13. The largest absolute Gasteiger partial charge is 0.497 e.